The lowest BCUT2D eigenvalue weighted by Gasteiger charge is -2.04. The molecule has 0 spiro atoms. The summed E-state index contributed by atoms with van der Waals surface area (Å²) in [4.78, 5) is 3.84. The summed E-state index contributed by atoms with van der Waals surface area (Å²) >= 11 is 9.20. The number of rotatable bonds is 1. The van der Waals surface area contributed by atoms with E-state index in [-0.39, 0.29) is 11.8 Å². The topological polar surface area (TPSA) is 90.7 Å². The van der Waals surface area contributed by atoms with Gasteiger partial charge in [0, 0.05) is 10.0 Å². The van der Waals surface area contributed by atoms with E-state index >= 15 is 0 Å². The van der Waals surface area contributed by atoms with Crippen molar-refractivity contribution >= 4 is 39.3 Å². The van der Waals surface area contributed by atoms with Crippen LogP contribution in [-0.4, -0.2) is 15.2 Å². The van der Waals surface area contributed by atoms with E-state index in [2.05, 4.69) is 31.1 Å². The largest absolute Gasteiger partial charge is 0.382 e. The van der Waals surface area contributed by atoms with Crippen LogP contribution in [0.25, 0.3) is 11.3 Å². The van der Waals surface area contributed by atoms with E-state index in [0.29, 0.717) is 10.7 Å². The molecule has 0 fully saturated rings. The Morgan fingerprint density at radius 2 is 1.94 bits per heavy atom. The molecule has 16 heavy (non-hydrogen) atoms. The Labute approximate surface area is 105 Å². The molecule has 0 aliphatic carbocycles. The molecule has 1 aromatic carbocycles. The zero-order chi connectivity index (χ0) is 11.7. The van der Waals surface area contributed by atoms with Crippen LogP contribution in [-0.2, 0) is 0 Å². The van der Waals surface area contributed by atoms with Crippen molar-refractivity contribution in [3.8, 4) is 11.3 Å². The molecule has 0 saturated heterocycles. The van der Waals surface area contributed by atoms with Crippen LogP contribution in [0, 0.1) is 0 Å². The van der Waals surface area contributed by atoms with Gasteiger partial charge in [0.1, 0.15) is 5.69 Å². The van der Waals surface area contributed by atoms with Crippen molar-refractivity contribution in [3.63, 3.8) is 0 Å². The second-order valence-corrected chi connectivity index (χ2v) is 4.29. The number of nitrogens with two attached hydrogens (primary N) is 2. The summed E-state index contributed by atoms with van der Waals surface area (Å²) in [5.74, 6) is 0.288. The predicted molar refractivity (Wildman–Crippen MR) is 66.8 cm³/mol. The zero-order valence-corrected chi connectivity index (χ0v) is 10.3. The van der Waals surface area contributed by atoms with E-state index in [9.17, 15) is 0 Å². The van der Waals surface area contributed by atoms with Crippen molar-refractivity contribution in [1.82, 2.24) is 15.2 Å². The smallest absolute Gasteiger partial charge is 0.242 e. The normalized spacial score (nSPS) is 10.4. The van der Waals surface area contributed by atoms with Gasteiger partial charge in [-0.2, -0.15) is 4.98 Å². The monoisotopic (exact) mass is 299 g/mol. The molecule has 5 nitrogen and oxygen atoms in total. The number of hydrogen-bond acceptors (Lipinski definition) is 5. The molecule has 2 rings (SSSR count). The first-order valence-electron chi connectivity index (χ1n) is 4.29. The number of hydrogen-bond donors (Lipinski definition) is 2. The minimum Gasteiger partial charge on any atom is -0.382 e. The van der Waals surface area contributed by atoms with Crippen molar-refractivity contribution in [2.75, 3.05) is 11.5 Å². The fourth-order valence-corrected chi connectivity index (χ4v) is 1.70. The van der Waals surface area contributed by atoms with Crippen LogP contribution in [0.3, 0.4) is 0 Å². The van der Waals surface area contributed by atoms with Crippen molar-refractivity contribution in [3.05, 3.63) is 27.7 Å². The van der Waals surface area contributed by atoms with E-state index in [4.69, 9.17) is 23.1 Å². The molecule has 0 atom stereocenters. The van der Waals surface area contributed by atoms with Crippen LogP contribution >= 0.6 is 27.5 Å². The molecule has 1 heterocycles. The summed E-state index contributed by atoms with van der Waals surface area (Å²) in [6.45, 7) is 0. The summed E-state index contributed by atoms with van der Waals surface area (Å²) < 4.78 is 0.754. The molecule has 2 aromatic rings. The predicted octanol–water partition coefficient (Wildman–Crippen LogP) is 2.12. The first kappa shape index (κ1) is 11.1. The van der Waals surface area contributed by atoms with E-state index in [1.165, 1.54) is 0 Å². The highest BCUT2D eigenvalue weighted by Crippen LogP contribution is 2.29. The summed E-state index contributed by atoms with van der Waals surface area (Å²) in [5, 5.41) is 8.16. The third-order valence-electron chi connectivity index (χ3n) is 1.92. The summed E-state index contributed by atoms with van der Waals surface area (Å²) in [5.41, 5.74) is 12.3. The fourth-order valence-electron chi connectivity index (χ4n) is 1.20. The van der Waals surface area contributed by atoms with E-state index in [1.54, 1.807) is 18.2 Å². The van der Waals surface area contributed by atoms with Gasteiger partial charge in [-0.1, -0.05) is 17.7 Å². The lowest BCUT2D eigenvalue weighted by molar-refractivity contribution is 0.999. The van der Waals surface area contributed by atoms with Gasteiger partial charge in [0.15, 0.2) is 5.82 Å². The zero-order valence-electron chi connectivity index (χ0n) is 7.98. The number of benzene rings is 1. The maximum absolute atomic E-state index is 5.88. The molecule has 0 radical (unpaired) electrons. The third-order valence-corrected chi connectivity index (χ3v) is 3.14. The Morgan fingerprint density at radius 3 is 2.56 bits per heavy atom. The van der Waals surface area contributed by atoms with Crippen molar-refractivity contribution in [2.45, 2.75) is 0 Å². The Balaban J connectivity index is 2.54. The second-order valence-electron chi connectivity index (χ2n) is 3.03. The number of nitrogens with zero attached hydrogens (tertiary/aromatic N) is 3. The van der Waals surface area contributed by atoms with Gasteiger partial charge in [-0.3, -0.25) is 0 Å². The molecular formula is C9H7BrClN5. The van der Waals surface area contributed by atoms with Crippen molar-refractivity contribution < 1.29 is 0 Å². The first-order valence-corrected chi connectivity index (χ1v) is 5.46. The van der Waals surface area contributed by atoms with Crippen LogP contribution in [0.2, 0.25) is 5.02 Å². The maximum Gasteiger partial charge on any atom is 0.242 e. The average Bonchev–Trinajstić information content (AvgIpc) is 2.22. The summed E-state index contributed by atoms with van der Waals surface area (Å²) in [7, 11) is 0. The van der Waals surface area contributed by atoms with Gasteiger partial charge in [0.25, 0.3) is 0 Å². The fraction of sp³-hybridized carbons (Fsp3) is 0. The highest BCUT2D eigenvalue weighted by atomic mass is 79.9. The minimum absolute atomic E-state index is 0.0503. The standard InChI is InChI=1S/C9H7BrClN5/c10-5-3-4(1-2-6(5)11)7-8(12)14-9(13)16-15-7/h1-3H,(H4,12,13,14,16). The quantitative estimate of drug-likeness (QED) is 0.842. The Hall–Kier alpha value is -1.40. The molecule has 7 heteroatoms. The average molecular weight is 301 g/mol. The Bertz CT molecular complexity index is 545. The lowest BCUT2D eigenvalue weighted by atomic mass is 10.1. The highest BCUT2D eigenvalue weighted by molar-refractivity contribution is 9.10. The van der Waals surface area contributed by atoms with E-state index < -0.39 is 0 Å². The van der Waals surface area contributed by atoms with E-state index in [1.807, 2.05) is 0 Å². The van der Waals surface area contributed by atoms with Gasteiger partial charge in [0.2, 0.25) is 5.95 Å². The SMILES string of the molecule is Nc1nnc(-c2ccc(Cl)c(Br)c2)c(N)n1. The van der Waals surface area contributed by atoms with Crippen LogP contribution in [0.1, 0.15) is 0 Å². The van der Waals surface area contributed by atoms with Crippen LogP contribution in [0.4, 0.5) is 11.8 Å². The molecule has 1 aromatic heterocycles. The van der Waals surface area contributed by atoms with Crippen LogP contribution in [0.5, 0.6) is 0 Å². The highest BCUT2D eigenvalue weighted by Gasteiger charge is 2.09. The molecule has 4 N–H and O–H groups in total. The molecule has 0 saturated carbocycles. The maximum atomic E-state index is 5.88. The molecule has 0 aliphatic rings. The van der Waals surface area contributed by atoms with Gasteiger partial charge < -0.3 is 11.5 Å². The number of anilines is 2. The summed E-state index contributed by atoms with van der Waals surface area (Å²) in [6.07, 6.45) is 0. The van der Waals surface area contributed by atoms with E-state index in [0.717, 1.165) is 10.0 Å². The molecule has 0 bridgehead atoms. The van der Waals surface area contributed by atoms with Gasteiger partial charge in [-0.25, -0.2) is 0 Å². The second kappa shape index (κ2) is 4.23. The van der Waals surface area contributed by atoms with Gasteiger partial charge >= 0.3 is 0 Å². The number of aromatic nitrogens is 3. The molecular weight excluding hydrogens is 293 g/mol. The Morgan fingerprint density at radius 1 is 1.19 bits per heavy atom. The Kier molecular flexibility index (Phi) is 2.93. The minimum atomic E-state index is 0.0503. The molecule has 0 aliphatic heterocycles. The molecule has 0 unspecified atom stereocenters. The number of halogens is 2. The number of nitrogen functional groups attached to an aromatic ring is 2. The molecule has 82 valence electrons. The first-order chi connectivity index (χ1) is 7.58. The summed E-state index contributed by atoms with van der Waals surface area (Å²) in [6, 6.07) is 5.31. The van der Waals surface area contributed by atoms with Crippen molar-refractivity contribution in [1.29, 1.82) is 0 Å². The van der Waals surface area contributed by atoms with Gasteiger partial charge in [-0.15, -0.1) is 10.2 Å². The molecule has 0 amide bonds. The van der Waals surface area contributed by atoms with Crippen LogP contribution in [0.15, 0.2) is 22.7 Å². The van der Waals surface area contributed by atoms with Crippen LogP contribution < -0.4 is 11.5 Å². The van der Waals surface area contributed by atoms with Gasteiger partial charge in [0.05, 0.1) is 5.02 Å². The lowest BCUT2D eigenvalue weighted by Crippen LogP contribution is -2.04. The van der Waals surface area contributed by atoms with Gasteiger partial charge in [-0.05, 0) is 28.1 Å². The third kappa shape index (κ3) is 2.07. The van der Waals surface area contributed by atoms with Crippen molar-refractivity contribution in [2.24, 2.45) is 0 Å².